The summed E-state index contributed by atoms with van der Waals surface area (Å²) in [5.74, 6) is 0.419. The number of carbonyl (C=O) groups excluding carboxylic acids is 1. The molecule has 1 saturated heterocycles. The van der Waals surface area contributed by atoms with Crippen molar-refractivity contribution >= 4 is 5.91 Å². The number of hydrogen-bond acceptors (Lipinski definition) is 2. The van der Waals surface area contributed by atoms with Gasteiger partial charge < -0.3 is 10.6 Å². The molecule has 0 aromatic rings. The fraction of sp³-hybridized carbons (Fsp3) is 0.929. The van der Waals surface area contributed by atoms with Crippen molar-refractivity contribution in [3.05, 3.63) is 0 Å². The smallest absolute Gasteiger partial charge is 0.227 e. The van der Waals surface area contributed by atoms with Crippen molar-refractivity contribution in [2.45, 2.75) is 58.4 Å². The fourth-order valence-corrected chi connectivity index (χ4v) is 3.31. The number of carbonyl (C=O) groups is 1. The van der Waals surface area contributed by atoms with E-state index < -0.39 is 0 Å². The second-order valence-corrected chi connectivity index (χ2v) is 6.58. The third kappa shape index (κ3) is 3.01. The molecular weight excluding hydrogens is 212 g/mol. The molecule has 2 unspecified atom stereocenters. The molecule has 98 valence electrons. The van der Waals surface area contributed by atoms with Crippen LogP contribution in [0.5, 0.6) is 0 Å². The van der Waals surface area contributed by atoms with Crippen LogP contribution < -0.4 is 5.73 Å². The first-order valence-electron chi connectivity index (χ1n) is 7.04. The van der Waals surface area contributed by atoms with E-state index in [-0.39, 0.29) is 17.4 Å². The largest absolute Gasteiger partial charge is 0.342 e. The van der Waals surface area contributed by atoms with Crippen LogP contribution in [0, 0.1) is 11.3 Å². The number of piperidine rings is 1. The lowest BCUT2D eigenvalue weighted by atomic mass is 9.81. The van der Waals surface area contributed by atoms with Crippen molar-refractivity contribution in [2.75, 3.05) is 13.1 Å². The topological polar surface area (TPSA) is 46.3 Å². The molecule has 3 heteroatoms. The number of hydrogen-bond donors (Lipinski definition) is 1. The average Bonchev–Trinajstić information content (AvgIpc) is 2.27. The SMILES string of the molecule is CC1(C)CCCN(C(=O)C2CCCCC2N)C1. The van der Waals surface area contributed by atoms with E-state index in [0.717, 1.165) is 32.4 Å². The standard InChI is InChI=1S/C14H26N2O/c1-14(2)8-5-9-16(10-14)13(17)11-6-3-4-7-12(11)15/h11-12H,3-10,15H2,1-2H3. The minimum Gasteiger partial charge on any atom is -0.342 e. The third-order valence-electron chi connectivity index (χ3n) is 4.35. The van der Waals surface area contributed by atoms with Gasteiger partial charge in [-0.1, -0.05) is 26.7 Å². The molecule has 0 spiro atoms. The van der Waals surface area contributed by atoms with Gasteiger partial charge in [0.2, 0.25) is 5.91 Å². The van der Waals surface area contributed by atoms with Gasteiger partial charge in [-0.25, -0.2) is 0 Å². The molecule has 1 heterocycles. The van der Waals surface area contributed by atoms with Gasteiger partial charge in [-0.3, -0.25) is 4.79 Å². The van der Waals surface area contributed by atoms with Crippen molar-refractivity contribution in [2.24, 2.45) is 17.1 Å². The van der Waals surface area contributed by atoms with E-state index in [0.29, 0.717) is 5.91 Å². The van der Waals surface area contributed by atoms with Gasteiger partial charge in [-0.05, 0) is 31.1 Å². The summed E-state index contributed by atoms with van der Waals surface area (Å²) in [6.45, 7) is 6.36. The first-order valence-corrected chi connectivity index (χ1v) is 7.04. The molecule has 2 atom stereocenters. The molecule has 2 N–H and O–H groups in total. The van der Waals surface area contributed by atoms with E-state index in [1.165, 1.54) is 19.3 Å². The van der Waals surface area contributed by atoms with Gasteiger partial charge in [0, 0.05) is 19.1 Å². The van der Waals surface area contributed by atoms with Crippen LogP contribution in [-0.4, -0.2) is 29.9 Å². The Balaban J connectivity index is 1.99. The van der Waals surface area contributed by atoms with E-state index >= 15 is 0 Å². The normalized spacial score (nSPS) is 33.5. The molecule has 2 fully saturated rings. The highest BCUT2D eigenvalue weighted by atomic mass is 16.2. The number of nitrogens with zero attached hydrogens (tertiary/aromatic N) is 1. The molecular formula is C14H26N2O. The molecule has 0 radical (unpaired) electrons. The number of rotatable bonds is 1. The van der Waals surface area contributed by atoms with Crippen LogP contribution in [0.15, 0.2) is 0 Å². The molecule has 0 bridgehead atoms. The summed E-state index contributed by atoms with van der Waals surface area (Å²) in [6, 6.07) is 0.0984. The maximum atomic E-state index is 12.5. The highest BCUT2D eigenvalue weighted by Gasteiger charge is 2.35. The van der Waals surface area contributed by atoms with Crippen LogP contribution in [0.3, 0.4) is 0 Å². The Hall–Kier alpha value is -0.570. The highest BCUT2D eigenvalue weighted by molar-refractivity contribution is 5.79. The minimum absolute atomic E-state index is 0.0950. The van der Waals surface area contributed by atoms with Gasteiger partial charge in [0.1, 0.15) is 0 Å². The first-order chi connectivity index (χ1) is 7.99. The molecule has 2 aliphatic rings. The molecule has 0 aromatic heterocycles. The van der Waals surface area contributed by atoms with E-state index in [1.807, 2.05) is 0 Å². The van der Waals surface area contributed by atoms with Gasteiger partial charge >= 0.3 is 0 Å². The Morgan fingerprint density at radius 1 is 1.24 bits per heavy atom. The molecule has 1 amide bonds. The Bertz CT molecular complexity index is 288. The zero-order valence-corrected chi connectivity index (χ0v) is 11.2. The lowest BCUT2D eigenvalue weighted by Crippen LogP contribution is -2.50. The fourth-order valence-electron chi connectivity index (χ4n) is 3.31. The first kappa shape index (κ1) is 12.9. The summed E-state index contributed by atoms with van der Waals surface area (Å²) < 4.78 is 0. The molecule has 2 rings (SSSR count). The van der Waals surface area contributed by atoms with Gasteiger partial charge in [0.25, 0.3) is 0 Å². The zero-order chi connectivity index (χ0) is 12.5. The Kier molecular flexibility index (Phi) is 3.76. The quantitative estimate of drug-likeness (QED) is 0.761. The maximum Gasteiger partial charge on any atom is 0.227 e. The van der Waals surface area contributed by atoms with Crippen LogP contribution in [0.1, 0.15) is 52.4 Å². The third-order valence-corrected chi connectivity index (χ3v) is 4.35. The Morgan fingerprint density at radius 2 is 1.94 bits per heavy atom. The van der Waals surface area contributed by atoms with Crippen molar-refractivity contribution in [1.82, 2.24) is 4.90 Å². The predicted octanol–water partition coefficient (Wildman–Crippen LogP) is 2.15. The van der Waals surface area contributed by atoms with Crippen LogP contribution in [0.25, 0.3) is 0 Å². The van der Waals surface area contributed by atoms with Crippen LogP contribution in [-0.2, 0) is 4.79 Å². The van der Waals surface area contributed by atoms with Crippen LogP contribution in [0.4, 0.5) is 0 Å². The summed E-state index contributed by atoms with van der Waals surface area (Å²) in [7, 11) is 0. The minimum atomic E-state index is 0.0950. The van der Waals surface area contributed by atoms with Gasteiger partial charge in [-0.15, -0.1) is 0 Å². The lowest BCUT2D eigenvalue weighted by Gasteiger charge is -2.41. The van der Waals surface area contributed by atoms with Crippen molar-refractivity contribution < 1.29 is 4.79 Å². The number of likely N-dealkylation sites (tertiary alicyclic amines) is 1. The van der Waals surface area contributed by atoms with Crippen molar-refractivity contribution in [1.29, 1.82) is 0 Å². The van der Waals surface area contributed by atoms with Gasteiger partial charge in [0.05, 0.1) is 5.92 Å². The monoisotopic (exact) mass is 238 g/mol. The summed E-state index contributed by atoms with van der Waals surface area (Å²) in [5, 5.41) is 0. The Labute approximate surface area is 105 Å². The summed E-state index contributed by atoms with van der Waals surface area (Å²) in [4.78, 5) is 14.6. The second kappa shape index (κ2) is 4.97. The molecule has 3 nitrogen and oxygen atoms in total. The van der Waals surface area contributed by atoms with E-state index in [1.54, 1.807) is 0 Å². The number of nitrogens with two attached hydrogens (primary N) is 1. The lowest BCUT2D eigenvalue weighted by molar-refractivity contribution is -0.140. The summed E-state index contributed by atoms with van der Waals surface area (Å²) >= 11 is 0. The molecule has 1 aliphatic carbocycles. The summed E-state index contributed by atoms with van der Waals surface area (Å²) in [6.07, 6.45) is 6.75. The van der Waals surface area contributed by atoms with Crippen LogP contribution in [0.2, 0.25) is 0 Å². The van der Waals surface area contributed by atoms with Crippen molar-refractivity contribution in [3.63, 3.8) is 0 Å². The molecule has 17 heavy (non-hydrogen) atoms. The van der Waals surface area contributed by atoms with E-state index in [2.05, 4.69) is 18.7 Å². The Morgan fingerprint density at radius 3 is 2.59 bits per heavy atom. The van der Waals surface area contributed by atoms with Gasteiger partial charge in [0.15, 0.2) is 0 Å². The van der Waals surface area contributed by atoms with Gasteiger partial charge in [-0.2, -0.15) is 0 Å². The molecule has 0 aromatic carbocycles. The highest BCUT2D eigenvalue weighted by Crippen LogP contribution is 2.31. The molecule has 1 aliphatic heterocycles. The average molecular weight is 238 g/mol. The van der Waals surface area contributed by atoms with E-state index in [9.17, 15) is 4.79 Å². The van der Waals surface area contributed by atoms with Crippen LogP contribution >= 0.6 is 0 Å². The summed E-state index contributed by atoms with van der Waals surface area (Å²) in [5.41, 5.74) is 6.39. The number of amides is 1. The predicted molar refractivity (Wildman–Crippen MR) is 69.5 cm³/mol. The van der Waals surface area contributed by atoms with Crippen molar-refractivity contribution in [3.8, 4) is 0 Å². The maximum absolute atomic E-state index is 12.5. The molecule has 1 saturated carbocycles. The zero-order valence-electron chi connectivity index (χ0n) is 11.2. The second-order valence-electron chi connectivity index (χ2n) is 6.58. The van der Waals surface area contributed by atoms with E-state index in [4.69, 9.17) is 5.73 Å².